The number of hydrogen-bond acceptors (Lipinski definition) is 6. The molecule has 0 radical (unpaired) electrons. The first kappa shape index (κ1) is 18.8. The number of nitrogens with zero attached hydrogens (tertiary/aromatic N) is 4. The Morgan fingerprint density at radius 3 is 3.03 bits per heavy atom. The molecular formula is C21H22FN5O3. The number of fused-ring (bicyclic) bond motifs is 2. The lowest BCUT2D eigenvalue weighted by Crippen LogP contribution is -2.34. The van der Waals surface area contributed by atoms with Crippen molar-refractivity contribution in [3.8, 4) is 5.75 Å². The molecule has 3 aromatic rings. The predicted octanol–water partition coefficient (Wildman–Crippen LogP) is 2.42. The minimum atomic E-state index is -1.08. The molecule has 2 aromatic heterocycles. The summed E-state index contributed by atoms with van der Waals surface area (Å²) in [5, 5.41) is 13.5. The number of ether oxygens (including phenoxy) is 1. The van der Waals surface area contributed by atoms with Gasteiger partial charge in [0.2, 0.25) is 0 Å². The molecule has 1 aromatic carbocycles. The molecule has 1 aliphatic carbocycles. The number of carboxylic acid groups (broad SMARTS) is 1. The third kappa shape index (κ3) is 2.80. The van der Waals surface area contributed by atoms with Crippen LogP contribution in [-0.2, 0) is 5.54 Å². The molecule has 3 atom stereocenters. The number of aromatic carboxylic acids is 1. The number of rotatable bonds is 6. The Bertz CT molecular complexity index is 1150. The van der Waals surface area contributed by atoms with Crippen LogP contribution in [0.25, 0.3) is 5.65 Å². The second kappa shape index (κ2) is 6.66. The maximum atomic E-state index is 14.2. The molecule has 0 amide bonds. The van der Waals surface area contributed by atoms with Crippen LogP contribution in [0.2, 0.25) is 0 Å². The molecule has 9 heteroatoms. The van der Waals surface area contributed by atoms with Crippen molar-refractivity contribution in [1.82, 2.24) is 14.6 Å². The molecule has 2 aliphatic rings. The smallest absolute Gasteiger partial charge is 0.341 e. The molecule has 5 rings (SSSR count). The third-order valence-corrected chi connectivity index (χ3v) is 6.03. The molecule has 3 heterocycles. The van der Waals surface area contributed by atoms with Crippen molar-refractivity contribution in [1.29, 1.82) is 0 Å². The molecular weight excluding hydrogens is 389 g/mol. The van der Waals surface area contributed by atoms with Gasteiger partial charge >= 0.3 is 5.97 Å². The van der Waals surface area contributed by atoms with Gasteiger partial charge in [-0.15, -0.1) is 0 Å². The highest BCUT2D eigenvalue weighted by molar-refractivity contribution is 5.94. The summed E-state index contributed by atoms with van der Waals surface area (Å²) < 4.78 is 21.6. The Morgan fingerprint density at radius 1 is 1.47 bits per heavy atom. The monoisotopic (exact) mass is 411 g/mol. The normalized spacial score (nSPS) is 23.4. The average Bonchev–Trinajstić information content (AvgIpc) is 3.09. The predicted molar refractivity (Wildman–Crippen MR) is 107 cm³/mol. The molecule has 1 saturated carbocycles. The van der Waals surface area contributed by atoms with Crippen LogP contribution in [-0.4, -0.2) is 44.9 Å². The average molecular weight is 411 g/mol. The quantitative estimate of drug-likeness (QED) is 0.642. The molecule has 1 aliphatic heterocycles. The minimum Gasteiger partial charge on any atom is -0.492 e. The topological polar surface area (TPSA) is 106 Å². The Morgan fingerprint density at radius 2 is 2.30 bits per heavy atom. The molecule has 156 valence electrons. The fourth-order valence-electron chi connectivity index (χ4n) is 4.61. The molecule has 0 bridgehead atoms. The lowest BCUT2D eigenvalue weighted by atomic mass is 10.0. The van der Waals surface area contributed by atoms with Gasteiger partial charge in [-0.2, -0.15) is 5.10 Å². The summed E-state index contributed by atoms with van der Waals surface area (Å²) in [5.41, 5.74) is 6.55. The molecule has 1 saturated heterocycles. The van der Waals surface area contributed by atoms with E-state index >= 15 is 0 Å². The number of halogens is 1. The highest BCUT2D eigenvalue weighted by Crippen LogP contribution is 2.64. The number of benzene rings is 1. The SMILES string of the molecule is C[C@@H](N)COc1ccc(F)cc1[C@@]12C[C@@H]1CCN2c1ccn2ncc(C(=O)O)c2n1. The highest BCUT2D eigenvalue weighted by Gasteiger charge is 2.64. The fourth-order valence-corrected chi connectivity index (χ4v) is 4.61. The summed E-state index contributed by atoms with van der Waals surface area (Å²) in [4.78, 5) is 18.2. The van der Waals surface area contributed by atoms with E-state index in [0.29, 0.717) is 24.1 Å². The van der Waals surface area contributed by atoms with E-state index in [1.165, 1.54) is 22.8 Å². The van der Waals surface area contributed by atoms with Crippen molar-refractivity contribution in [2.24, 2.45) is 11.7 Å². The third-order valence-electron chi connectivity index (χ3n) is 6.03. The number of carboxylic acids is 1. The highest BCUT2D eigenvalue weighted by atomic mass is 19.1. The van der Waals surface area contributed by atoms with Crippen LogP contribution in [0.4, 0.5) is 10.2 Å². The van der Waals surface area contributed by atoms with Crippen LogP contribution in [0, 0.1) is 11.7 Å². The lowest BCUT2D eigenvalue weighted by molar-refractivity contribution is 0.0698. The van der Waals surface area contributed by atoms with Crippen molar-refractivity contribution < 1.29 is 19.0 Å². The van der Waals surface area contributed by atoms with E-state index in [-0.39, 0.29) is 23.1 Å². The first-order chi connectivity index (χ1) is 14.4. The Hall–Kier alpha value is -3.20. The van der Waals surface area contributed by atoms with Crippen LogP contribution in [0.1, 0.15) is 35.7 Å². The molecule has 2 fully saturated rings. The number of piperidine rings is 1. The zero-order chi connectivity index (χ0) is 21.0. The van der Waals surface area contributed by atoms with Crippen molar-refractivity contribution in [2.45, 2.75) is 31.3 Å². The maximum absolute atomic E-state index is 14.2. The van der Waals surface area contributed by atoms with E-state index in [2.05, 4.69) is 15.0 Å². The van der Waals surface area contributed by atoms with Gasteiger partial charge in [0, 0.05) is 24.3 Å². The van der Waals surface area contributed by atoms with E-state index in [1.807, 2.05) is 13.0 Å². The van der Waals surface area contributed by atoms with E-state index in [9.17, 15) is 14.3 Å². The van der Waals surface area contributed by atoms with E-state index < -0.39 is 11.5 Å². The number of nitrogens with two attached hydrogens (primary N) is 1. The first-order valence-electron chi connectivity index (χ1n) is 9.94. The van der Waals surface area contributed by atoms with Gasteiger partial charge in [0.05, 0.1) is 11.7 Å². The Balaban J connectivity index is 1.58. The number of aromatic nitrogens is 3. The summed E-state index contributed by atoms with van der Waals surface area (Å²) >= 11 is 0. The van der Waals surface area contributed by atoms with Crippen LogP contribution in [0.15, 0.2) is 36.7 Å². The first-order valence-corrected chi connectivity index (χ1v) is 9.94. The van der Waals surface area contributed by atoms with Crippen LogP contribution >= 0.6 is 0 Å². The lowest BCUT2D eigenvalue weighted by Gasteiger charge is -2.31. The van der Waals surface area contributed by atoms with Gasteiger partial charge in [-0.05, 0) is 49.9 Å². The van der Waals surface area contributed by atoms with Crippen molar-refractivity contribution >= 4 is 17.4 Å². The summed E-state index contributed by atoms with van der Waals surface area (Å²) in [6, 6.07) is 6.26. The van der Waals surface area contributed by atoms with Crippen LogP contribution in [0.3, 0.4) is 0 Å². The summed E-state index contributed by atoms with van der Waals surface area (Å²) in [6.45, 7) is 2.93. The Kier molecular flexibility index (Phi) is 4.18. The van der Waals surface area contributed by atoms with Crippen LogP contribution in [0.5, 0.6) is 5.75 Å². The second-order valence-electron chi connectivity index (χ2n) is 8.11. The van der Waals surface area contributed by atoms with Gasteiger partial charge in [0.15, 0.2) is 5.65 Å². The molecule has 30 heavy (non-hydrogen) atoms. The molecule has 0 spiro atoms. The summed E-state index contributed by atoms with van der Waals surface area (Å²) in [7, 11) is 0. The maximum Gasteiger partial charge on any atom is 0.341 e. The number of carbonyl (C=O) groups is 1. The number of hydrogen-bond donors (Lipinski definition) is 2. The Labute approximate surface area is 172 Å². The van der Waals surface area contributed by atoms with E-state index in [1.54, 1.807) is 12.3 Å². The van der Waals surface area contributed by atoms with Crippen molar-refractivity contribution in [3.63, 3.8) is 0 Å². The van der Waals surface area contributed by atoms with Crippen LogP contribution < -0.4 is 15.4 Å². The number of anilines is 1. The van der Waals surface area contributed by atoms with Gasteiger partial charge in [-0.3, -0.25) is 0 Å². The van der Waals surface area contributed by atoms with Gasteiger partial charge in [0.25, 0.3) is 0 Å². The fraction of sp³-hybridized carbons (Fsp3) is 0.381. The summed E-state index contributed by atoms with van der Waals surface area (Å²) in [5.74, 6) is 0.232. The van der Waals surface area contributed by atoms with E-state index in [0.717, 1.165) is 24.9 Å². The van der Waals surface area contributed by atoms with Crippen molar-refractivity contribution in [3.05, 3.63) is 53.6 Å². The van der Waals surface area contributed by atoms with Gasteiger partial charge < -0.3 is 20.5 Å². The standard InChI is InChI=1S/C21H22FN5O3/c1-12(23)11-30-17-3-2-14(22)8-16(17)21-9-13(21)4-6-26(21)18-5-7-27-19(25-18)15(10-24-27)20(28)29/h2-3,5,7-8,10,12-13H,4,6,9,11,23H2,1H3,(H,28,29)/t12-,13+,21-/m1/s1. The largest absolute Gasteiger partial charge is 0.492 e. The van der Waals surface area contributed by atoms with Gasteiger partial charge in [-0.1, -0.05) is 0 Å². The van der Waals surface area contributed by atoms with Crippen molar-refractivity contribution in [2.75, 3.05) is 18.1 Å². The zero-order valence-electron chi connectivity index (χ0n) is 16.5. The second-order valence-corrected chi connectivity index (χ2v) is 8.11. The zero-order valence-corrected chi connectivity index (χ0v) is 16.5. The minimum absolute atomic E-state index is 0.0455. The van der Waals surface area contributed by atoms with Gasteiger partial charge in [-0.25, -0.2) is 18.7 Å². The van der Waals surface area contributed by atoms with E-state index in [4.69, 9.17) is 10.5 Å². The molecule has 0 unspecified atom stereocenters. The summed E-state index contributed by atoms with van der Waals surface area (Å²) in [6.07, 6.45) is 4.80. The molecule has 8 nitrogen and oxygen atoms in total. The molecule has 3 N–H and O–H groups in total. The van der Waals surface area contributed by atoms with Gasteiger partial charge in [0.1, 0.15) is 29.6 Å².